The van der Waals surface area contributed by atoms with Gasteiger partial charge >= 0.3 is 5.97 Å². The lowest BCUT2D eigenvalue weighted by Gasteiger charge is -2.14. The maximum atomic E-state index is 11.8. The first-order valence-electron chi connectivity index (χ1n) is 5.91. The molecule has 0 aliphatic rings. The van der Waals surface area contributed by atoms with Crippen molar-refractivity contribution in [2.45, 2.75) is 40.7 Å². The van der Waals surface area contributed by atoms with Crippen LogP contribution in [0, 0.1) is 13.8 Å². The topological polar surface area (TPSA) is 35.5 Å². The standard InChI is InChI=1S/C14H20O3/c1-6-16-13-8-7-12(10(4)11(13)5)14(15)17-9(2)3/h7-9H,6H2,1-5H3. The fraction of sp³-hybridized carbons (Fsp3) is 0.500. The Balaban J connectivity index is 3.03. The highest BCUT2D eigenvalue weighted by molar-refractivity contribution is 5.91. The van der Waals surface area contributed by atoms with Crippen molar-refractivity contribution in [1.29, 1.82) is 0 Å². The monoisotopic (exact) mass is 236 g/mol. The van der Waals surface area contributed by atoms with Gasteiger partial charge in [-0.3, -0.25) is 0 Å². The molecule has 3 nitrogen and oxygen atoms in total. The van der Waals surface area contributed by atoms with E-state index in [1.54, 1.807) is 6.07 Å². The molecule has 0 fully saturated rings. The van der Waals surface area contributed by atoms with Crippen LogP contribution >= 0.6 is 0 Å². The number of carbonyl (C=O) groups excluding carboxylic acids is 1. The van der Waals surface area contributed by atoms with Crippen molar-refractivity contribution in [3.8, 4) is 5.75 Å². The van der Waals surface area contributed by atoms with Crippen LogP contribution in [0.1, 0.15) is 42.3 Å². The molecule has 0 bridgehead atoms. The van der Waals surface area contributed by atoms with E-state index >= 15 is 0 Å². The summed E-state index contributed by atoms with van der Waals surface area (Å²) in [5.74, 6) is 0.551. The zero-order chi connectivity index (χ0) is 13.0. The van der Waals surface area contributed by atoms with Gasteiger partial charge in [-0.1, -0.05) is 0 Å². The second kappa shape index (κ2) is 5.71. The molecule has 0 saturated heterocycles. The molecule has 1 aromatic rings. The van der Waals surface area contributed by atoms with Crippen molar-refractivity contribution in [2.24, 2.45) is 0 Å². The van der Waals surface area contributed by atoms with E-state index in [2.05, 4.69) is 0 Å². The number of ether oxygens (including phenoxy) is 2. The number of carbonyl (C=O) groups is 1. The lowest BCUT2D eigenvalue weighted by molar-refractivity contribution is 0.0377. The van der Waals surface area contributed by atoms with Crippen LogP contribution in [0.2, 0.25) is 0 Å². The second-order valence-electron chi connectivity index (χ2n) is 4.25. The normalized spacial score (nSPS) is 10.5. The quantitative estimate of drug-likeness (QED) is 0.753. The molecular weight excluding hydrogens is 216 g/mol. The average Bonchev–Trinajstić information content (AvgIpc) is 2.24. The lowest BCUT2D eigenvalue weighted by Crippen LogP contribution is -2.13. The van der Waals surface area contributed by atoms with Crippen molar-refractivity contribution in [2.75, 3.05) is 6.61 Å². The fourth-order valence-corrected chi connectivity index (χ4v) is 1.61. The van der Waals surface area contributed by atoms with E-state index < -0.39 is 0 Å². The molecule has 0 amide bonds. The average molecular weight is 236 g/mol. The van der Waals surface area contributed by atoms with Gasteiger partial charge in [0.25, 0.3) is 0 Å². The van der Waals surface area contributed by atoms with Crippen molar-refractivity contribution in [3.05, 3.63) is 28.8 Å². The van der Waals surface area contributed by atoms with E-state index in [9.17, 15) is 4.79 Å². The molecule has 0 aliphatic heterocycles. The Kier molecular flexibility index (Phi) is 4.55. The maximum absolute atomic E-state index is 11.8. The minimum Gasteiger partial charge on any atom is -0.494 e. The number of hydrogen-bond acceptors (Lipinski definition) is 3. The van der Waals surface area contributed by atoms with Gasteiger partial charge in [0.15, 0.2) is 0 Å². The first-order valence-corrected chi connectivity index (χ1v) is 5.91. The smallest absolute Gasteiger partial charge is 0.338 e. The molecule has 0 atom stereocenters. The molecule has 0 aromatic heterocycles. The molecule has 0 heterocycles. The predicted octanol–water partition coefficient (Wildman–Crippen LogP) is 3.27. The molecule has 94 valence electrons. The highest BCUT2D eigenvalue weighted by Crippen LogP contribution is 2.25. The first-order chi connectivity index (χ1) is 7.97. The highest BCUT2D eigenvalue weighted by Gasteiger charge is 2.15. The summed E-state index contributed by atoms with van der Waals surface area (Å²) in [7, 11) is 0. The van der Waals surface area contributed by atoms with E-state index in [1.807, 2.05) is 40.7 Å². The van der Waals surface area contributed by atoms with Crippen LogP contribution < -0.4 is 4.74 Å². The summed E-state index contributed by atoms with van der Waals surface area (Å²) in [5.41, 5.74) is 2.52. The van der Waals surface area contributed by atoms with Gasteiger partial charge in [0.1, 0.15) is 5.75 Å². The maximum Gasteiger partial charge on any atom is 0.338 e. The summed E-state index contributed by atoms with van der Waals surface area (Å²) in [6, 6.07) is 3.58. The minimum absolute atomic E-state index is 0.103. The molecule has 0 N–H and O–H groups in total. The fourth-order valence-electron chi connectivity index (χ4n) is 1.61. The Morgan fingerprint density at radius 3 is 2.41 bits per heavy atom. The zero-order valence-corrected chi connectivity index (χ0v) is 11.2. The van der Waals surface area contributed by atoms with Crippen molar-refractivity contribution < 1.29 is 14.3 Å². The van der Waals surface area contributed by atoms with E-state index in [4.69, 9.17) is 9.47 Å². The Bertz CT molecular complexity index is 408. The van der Waals surface area contributed by atoms with Crippen LogP contribution in [0.15, 0.2) is 12.1 Å². The number of rotatable bonds is 4. The second-order valence-corrected chi connectivity index (χ2v) is 4.25. The summed E-state index contributed by atoms with van der Waals surface area (Å²) in [6.07, 6.45) is -0.103. The Morgan fingerprint density at radius 2 is 1.88 bits per heavy atom. The molecule has 17 heavy (non-hydrogen) atoms. The molecule has 3 heteroatoms. The van der Waals surface area contributed by atoms with Gasteiger partial charge in [0.2, 0.25) is 0 Å². The number of benzene rings is 1. The van der Waals surface area contributed by atoms with Crippen molar-refractivity contribution >= 4 is 5.97 Å². The first kappa shape index (κ1) is 13.6. The Labute approximate surface area is 103 Å². The molecule has 0 radical (unpaired) electrons. The van der Waals surface area contributed by atoms with E-state index in [0.29, 0.717) is 12.2 Å². The summed E-state index contributed by atoms with van der Waals surface area (Å²) in [4.78, 5) is 11.8. The number of hydrogen-bond donors (Lipinski definition) is 0. The molecule has 1 rings (SSSR count). The third kappa shape index (κ3) is 3.22. The molecular formula is C14H20O3. The summed E-state index contributed by atoms with van der Waals surface area (Å²) < 4.78 is 10.7. The Hall–Kier alpha value is -1.51. The van der Waals surface area contributed by atoms with E-state index in [0.717, 1.165) is 16.9 Å². The molecule has 0 aliphatic carbocycles. The van der Waals surface area contributed by atoms with Gasteiger partial charge in [-0.15, -0.1) is 0 Å². The third-order valence-corrected chi connectivity index (χ3v) is 2.60. The van der Waals surface area contributed by atoms with Gasteiger partial charge in [0, 0.05) is 0 Å². The van der Waals surface area contributed by atoms with Crippen LogP contribution in [0.4, 0.5) is 0 Å². The van der Waals surface area contributed by atoms with Crippen LogP contribution in [-0.2, 0) is 4.74 Å². The van der Waals surface area contributed by atoms with Gasteiger partial charge in [-0.2, -0.15) is 0 Å². The van der Waals surface area contributed by atoms with Crippen LogP contribution in [0.5, 0.6) is 5.75 Å². The largest absolute Gasteiger partial charge is 0.494 e. The van der Waals surface area contributed by atoms with Crippen molar-refractivity contribution in [3.63, 3.8) is 0 Å². The van der Waals surface area contributed by atoms with E-state index in [-0.39, 0.29) is 12.1 Å². The molecule has 0 saturated carbocycles. The summed E-state index contributed by atoms with van der Waals surface area (Å²) in [6.45, 7) is 10.1. The van der Waals surface area contributed by atoms with Crippen LogP contribution in [0.25, 0.3) is 0 Å². The highest BCUT2D eigenvalue weighted by atomic mass is 16.5. The van der Waals surface area contributed by atoms with E-state index in [1.165, 1.54) is 0 Å². The van der Waals surface area contributed by atoms with Gasteiger partial charge < -0.3 is 9.47 Å². The molecule has 0 spiro atoms. The van der Waals surface area contributed by atoms with Gasteiger partial charge in [0.05, 0.1) is 18.3 Å². The molecule has 1 aromatic carbocycles. The summed E-state index contributed by atoms with van der Waals surface area (Å²) >= 11 is 0. The van der Waals surface area contributed by atoms with Gasteiger partial charge in [-0.05, 0) is 57.9 Å². The van der Waals surface area contributed by atoms with Crippen LogP contribution in [-0.4, -0.2) is 18.7 Å². The number of esters is 1. The predicted molar refractivity (Wildman–Crippen MR) is 67.6 cm³/mol. The zero-order valence-electron chi connectivity index (χ0n) is 11.2. The Morgan fingerprint density at radius 1 is 1.24 bits per heavy atom. The molecule has 0 unspecified atom stereocenters. The van der Waals surface area contributed by atoms with Gasteiger partial charge in [-0.25, -0.2) is 4.79 Å². The van der Waals surface area contributed by atoms with Crippen molar-refractivity contribution in [1.82, 2.24) is 0 Å². The third-order valence-electron chi connectivity index (χ3n) is 2.60. The lowest BCUT2D eigenvalue weighted by atomic mass is 10.0. The van der Waals surface area contributed by atoms with Crippen LogP contribution in [0.3, 0.4) is 0 Å². The SMILES string of the molecule is CCOc1ccc(C(=O)OC(C)C)c(C)c1C. The minimum atomic E-state index is -0.274. The summed E-state index contributed by atoms with van der Waals surface area (Å²) in [5, 5.41) is 0.